The zero-order valence-electron chi connectivity index (χ0n) is 11.6. The lowest BCUT2D eigenvalue weighted by atomic mass is 10.2. The summed E-state index contributed by atoms with van der Waals surface area (Å²) >= 11 is 0. The zero-order valence-corrected chi connectivity index (χ0v) is 11.6. The predicted molar refractivity (Wildman–Crippen MR) is 77.6 cm³/mol. The fourth-order valence-electron chi connectivity index (χ4n) is 1.92. The summed E-state index contributed by atoms with van der Waals surface area (Å²) in [7, 11) is 1.63. The number of hydrogen-bond acceptors (Lipinski definition) is 4. The third-order valence-electron chi connectivity index (χ3n) is 3.06. The molecule has 1 aromatic carbocycles. The molecule has 2 rings (SSSR count). The molecule has 1 aliphatic heterocycles. The molecule has 20 heavy (non-hydrogen) atoms. The van der Waals surface area contributed by atoms with Crippen molar-refractivity contribution >= 4 is 12.0 Å². The summed E-state index contributed by atoms with van der Waals surface area (Å²) < 4.78 is 10.4. The SMILES string of the molecule is COc1ccc(/C=C/C(=O)NCC2COCCN2)cc1. The summed E-state index contributed by atoms with van der Waals surface area (Å²) in [6.07, 6.45) is 3.31. The standard InChI is InChI=1S/C15H20N2O3/c1-19-14-5-2-12(3-6-14)4-7-15(18)17-10-13-11-20-9-8-16-13/h2-7,13,16H,8-11H2,1H3,(H,17,18)/b7-4+. The van der Waals surface area contributed by atoms with E-state index in [1.165, 1.54) is 6.08 Å². The van der Waals surface area contributed by atoms with Gasteiger partial charge < -0.3 is 20.1 Å². The molecule has 1 unspecified atom stereocenters. The van der Waals surface area contributed by atoms with Crippen LogP contribution in [0.3, 0.4) is 0 Å². The van der Waals surface area contributed by atoms with Gasteiger partial charge in [-0.2, -0.15) is 0 Å². The van der Waals surface area contributed by atoms with Gasteiger partial charge in [-0.3, -0.25) is 4.79 Å². The van der Waals surface area contributed by atoms with E-state index in [9.17, 15) is 4.79 Å². The molecule has 2 N–H and O–H groups in total. The van der Waals surface area contributed by atoms with Gasteiger partial charge in [-0.1, -0.05) is 12.1 Å². The summed E-state index contributed by atoms with van der Waals surface area (Å²) in [5.74, 6) is 0.697. The van der Waals surface area contributed by atoms with Gasteiger partial charge in [-0.05, 0) is 23.8 Å². The maximum Gasteiger partial charge on any atom is 0.244 e. The Morgan fingerprint density at radius 2 is 2.30 bits per heavy atom. The molecule has 0 spiro atoms. The van der Waals surface area contributed by atoms with Crippen molar-refractivity contribution in [3.63, 3.8) is 0 Å². The van der Waals surface area contributed by atoms with Crippen molar-refractivity contribution in [2.45, 2.75) is 6.04 Å². The van der Waals surface area contributed by atoms with Gasteiger partial charge in [0.25, 0.3) is 0 Å². The Hall–Kier alpha value is -1.85. The molecular weight excluding hydrogens is 256 g/mol. The monoisotopic (exact) mass is 276 g/mol. The number of benzene rings is 1. The number of methoxy groups -OCH3 is 1. The maximum atomic E-state index is 11.7. The molecule has 0 bridgehead atoms. The van der Waals surface area contributed by atoms with Crippen molar-refractivity contribution in [3.8, 4) is 5.75 Å². The lowest BCUT2D eigenvalue weighted by Crippen LogP contribution is -2.48. The quantitative estimate of drug-likeness (QED) is 0.782. The van der Waals surface area contributed by atoms with Gasteiger partial charge in [-0.15, -0.1) is 0 Å². The van der Waals surface area contributed by atoms with Crippen LogP contribution in [0.1, 0.15) is 5.56 Å². The molecule has 1 aromatic rings. The van der Waals surface area contributed by atoms with Crippen LogP contribution in [0.2, 0.25) is 0 Å². The fourth-order valence-corrected chi connectivity index (χ4v) is 1.92. The van der Waals surface area contributed by atoms with Crippen LogP contribution in [0, 0.1) is 0 Å². The molecule has 0 saturated carbocycles. The molecule has 0 radical (unpaired) electrons. The number of nitrogens with one attached hydrogen (secondary N) is 2. The molecule has 0 aliphatic carbocycles. The van der Waals surface area contributed by atoms with Gasteiger partial charge in [0, 0.05) is 25.2 Å². The first-order valence-corrected chi connectivity index (χ1v) is 6.69. The number of hydrogen-bond donors (Lipinski definition) is 2. The lowest BCUT2D eigenvalue weighted by Gasteiger charge is -2.23. The summed E-state index contributed by atoms with van der Waals surface area (Å²) in [5.41, 5.74) is 0.958. The van der Waals surface area contributed by atoms with Crippen LogP contribution in [-0.2, 0) is 9.53 Å². The minimum atomic E-state index is -0.104. The summed E-state index contributed by atoms with van der Waals surface area (Å²) in [5, 5.41) is 6.14. The Morgan fingerprint density at radius 3 is 2.95 bits per heavy atom. The average molecular weight is 276 g/mol. The third kappa shape index (κ3) is 4.68. The van der Waals surface area contributed by atoms with Crippen LogP contribution in [0.4, 0.5) is 0 Å². The number of carbonyl (C=O) groups excluding carboxylic acids is 1. The average Bonchev–Trinajstić information content (AvgIpc) is 2.52. The number of ether oxygens (including phenoxy) is 2. The maximum absolute atomic E-state index is 11.7. The van der Waals surface area contributed by atoms with Crippen molar-refractivity contribution in [1.82, 2.24) is 10.6 Å². The molecule has 5 nitrogen and oxygen atoms in total. The van der Waals surface area contributed by atoms with Gasteiger partial charge >= 0.3 is 0 Å². The second kappa shape index (κ2) is 7.67. The van der Waals surface area contributed by atoms with Gasteiger partial charge in [-0.25, -0.2) is 0 Å². The Morgan fingerprint density at radius 1 is 1.50 bits per heavy atom. The van der Waals surface area contributed by atoms with Gasteiger partial charge in [0.15, 0.2) is 0 Å². The highest BCUT2D eigenvalue weighted by atomic mass is 16.5. The van der Waals surface area contributed by atoms with Gasteiger partial charge in [0.1, 0.15) is 5.75 Å². The third-order valence-corrected chi connectivity index (χ3v) is 3.06. The van der Waals surface area contributed by atoms with E-state index in [4.69, 9.17) is 9.47 Å². The Balaban J connectivity index is 1.76. The molecule has 108 valence electrons. The van der Waals surface area contributed by atoms with Crippen molar-refractivity contribution in [1.29, 1.82) is 0 Å². The number of carbonyl (C=O) groups is 1. The molecule has 1 heterocycles. The summed E-state index contributed by atoms with van der Waals surface area (Å²) in [6, 6.07) is 7.72. The first-order valence-electron chi connectivity index (χ1n) is 6.69. The topological polar surface area (TPSA) is 59.6 Å². The minimum absolute atomic E-state index is 0.104. The van der Waals surface area contributed by atoms with Crippen molar-refractivity contribution < 1.29 is 14.3 Å². The first kappa shape index (κ1) is 14.6. The van der Waals surface area contributed by atoms with E-state index in [1.807, 2.05) is 24.3 Å². The van der Waals surface area contributed by atoms with E-state index < -0.39 is 0 Å². The minimum Gasteiger partial charge on any atom is -0.497 e. The van der Waals surface area contributed by atoms with Crippen molar-refractivity contribution in [3.05, 3.63) is 35.9 Å². The van der Waals surface area contributed by atoms with Crippen LogP contribution < -0.4 is 15.4 Å². The normalized spacial score (nSPS) is 18.9. The highest BCUT2D eigenvalue weighted by Gasteiger charge is 2.12. The van der Waals surface area contributed by atoms with E-state index in [-0.39, 0.29) is 11.9 Å². The molecule has 1 aliphatic rings. The van der Waals surface area contributed by atoms with Crippen molar-refractivity contribution in [2.24, 2.45) is 0 Å². The number of morpholine rings is 1. The van der Waals surface area contributed by atoms with Crippen LogP contribution in [0.5, 0.6) is 5.75 Å². The summed E-state index contributed by atoms with van der Waals surface area (Å²) in [4.78, 5) is 11.7. The second-order valence-electron chi connectivity index (χ2n) is 4.58. The van der Waals surface area contributed by atoms with Gasteiger partial charge in [0.05, 0.1) is 20.3 Å². The predicted octanol–water partition coefficient (Wildman–Crippen LogP) is 0.813. The fraction of sp³-hybridized carbons (Fsp3) is 0.400. The molecule has 1 amide bonds. The van der Waals surface area contributed by atoms with E-state index >= 15 is 0 Å². The van der Waals surface area contributed by atoms with Crippen LogP contribution in [0.25, 0.3) is 6.08 Å². The first-order chi connectivity index (χ1) is 9.78. The van der Waals surface area contributed by atoms with E-state index in [0.29, 0.717) is 13.2 Å². The molecule has 1 saturated heterocycles. The number of rotatable bonds is 5. The smallest absolute Gasteiger partial charge is 0.244 e. The molecule has 1 atom stereocenters. The Kier molecular flexibility index (Phi) is 5.58. The lowest BCUT2D eigenvalue weighted by molar-refractivity contribution is -0.116. The highest BCUT2D eigenvalue weighted by molar-refractivity contribution is 5.91. The number of amides is 1. The van der Waals surface area contributed by atoms with Crippen LogP contribution in [-0.4, -0.2) is 45.4 Å². The Bertz CT molecular complexity index is 451. The van der Waals surface area contributed by atoms with E-state index in [1.54, 1.807) is 13.2 Å². The Labute approximate surface area is 119 Å². The zero-order chi connectivity index (χ0) is 14.2. The molecular formula is C15H20N2O3. The van der Waals surface area contributed by atoms with Gasteiger partial charge in [0.2, 0.25) is 5.91 Å². The van der Waals surface area contributed by atoms with E-state index in [0.717, 1.165) is 24.5 Å². The second-order valence-corrected chi connectivity index (χ2v) is 4.58. The van der Waals surface area contributed by atoms with Crippen LogP contribution >= 0.6 is 0 Å². The van der Waals surface area contributed by atoms with E-state index in [2.05, 4.69) is 10.6 Å². The molecule has 1 fully saturated rings. The highest BCUT2D eigenvalue weighted by Crippen LogP contribution is 2.12. The summed E-state index contributed by atoms with van der Waals surface area (Å²) in [6.45, 7) is 2.79. The largest absolute Gasteiger partial charge is 0.497 e. The molecule has 0 aromatic heterocycles. The van der Waals surface area contributed by atoms with Crippen LogP contribution in [0.15, 0.2) is 30.3 Å². The molecule has 5 heteroatoms. The van der Waals surface area contributed by atoms with Crippen molar-refractivity contribution in [2.75, 3.05) is 33.4 Å².